The van der Waals surface area contributed by atoms with Crippen molar-refractivity contribution in [2.75, 3.05) is 13.7 Å². The predicted molar refractivity (Wildman–Crippen MR) is 120 cm³/mol. The molecule has 3 rings (SSSR count). The molecular weight excluding hydrogens is 392 g/mol. The molecule has 1 N–H and O–H groups in total. The molecule has 6 heteroatoms. The minimum absolute atomic E-state index is 0.117. The molecule has 0 heterocycles. The van der Waals surface area contributed by atoms with Crippen molar-refractivity contribution in [2.45, 2.75) is 57.7 Å². The van der Waals surface area contributed by atoms with E-state index in [-0.39, 0.29) is 24.5 Å². The van der Waals surface area contributed by atoms with E-state index in [0.717, 1.165) is 37.0 Å². The van der Waals surface area contributed by atoms with Crippen LogP contribution >= 0.6 is 0 Å². The van der Waals surface area contributed by atoms with E-state index in [2.05, 4.69) is 5.32 Å². The lowest BCUT2D eigenvalue weighted by atomic mass is 9.95. The third kappa shape index (κ3) is 6.74. The number of nitrogens with one attached hydrogen (secondary N) is 1. The van der Waals surface area contributed by atoms with Gasteiger partial charge < -0.3 is 19.7 Å². The maximum absolute atomic E-state index is 13.1. The average molecular weight is 425 g/mol. The van der Waals surface area contributed by atoms with Gasteiger partial charge in [-0.2, -0.15) is 0 Å². The molecule has 1 aliphatic carbocycles. The number of nitrogens with zero attached hydrogens (tertiary/aromatic N) is 1. The summed E-state index contributed by atoms with van der Waals surface area (Å²) in [6, 6.07) is 16.3. The van der Waals surface area contributed by atoms with Crippen molar-refractivity contribution in [3.63, 3.8) is 0 Å². The van der Waals surface area contributed by atoms with E-state index in [0.29, 0.717) is 12.3 Å². The highest BCUT2D eigenvalue weighted by molar-refractivity contribution is 5.88. The highest BCUT2D eigenvalue weighted by Gasteiger charge is 2.28. The number of para-hydroxylation sites is 1. The Hall–Kier alpha value is -3.02. The summed E-state index contributed by atoms with van der Waals surface area (Å²) in [5.41, 5.74) is 0.922. The Labute approximate surface area is 184 Å². The van der Waals surface area contributed by atoms with Crippen LogP contribution in [0, 0.1) is 0 Å². The first-order chi connectivity index (χ1) is 15.1. The SMILES string of the molecule is COc1ccc(CN(C(=O)COc2ccccc2)[C@H](C)C(=O)NC2CCCCC2)cc1. The van der Waals surface area contributed by atoms with Gasteiger partial charge in [-0.1, -0.05) is 49.6 Å². The first kappa shape index (κ1) is 22.7. The van der Waals surface area contributed by atoms with Crippen LogP contribution in [0.4, 0.5) is 0 Å². The molecule has 6 nitrogen and oxygen atoms in total. The second kappa shape index (κ2) is 11.4. The first-order valence-corrected chi connectivity index (χ1v) is 11.0. The van der Waals surface area contributed by atoms with Crippen LogP contribution in [0.3, 0.4) is 0 Å². The standard InChI is InChI=1S/C25H32N2O4/c1-19(25(29)26-21-9-5-3-6-10-21)27(17-20-13-15-22(30-2)16-14-20)24(28)18-31-23-11-7-4-8-12-23/h4,7-8,11-16,19,21H,3,5-6,9-10,17-18H2,1-2H3,(H,26,29)/t19-/m1/s1. The van der Waals surface area contributed by atoms with Crippen LogP contribution in [0.15, 0.2) is 54.6 Å². The molecule has 1 atom stereocenters. The van der Waals surface area contributed by atoms with E-state index in [9.17, 15) is 9.59 Å². The highest BCUT2D eigenvalue weighted by atomic mass is 16.5. The number of ether oxygens (including phenoxy) is 2. The zero-order chi connectivity index (χ0) is 22.1. The van der Waals surface area contributed by atoms with Crippen LogP contribution in [0.2, 0.25) is 0 Å². The molecular formula is C25H32N2O4. The summed E-state index contributed by atoms with van der Waals surface area (Å²) in [7, 11) is 1.61. The number of hydrogen-bond donors (Lipinski definition) is 1. The fourth-order valence-electron chi connectivity index (χ4n) is 3.82. The van der Waals surface area contributed by atoms with Gasteiger partial charge in [0.15, 0.2) is 6.61 Å². The Morgan fingerprint density at radius 2 is 1.68 bits per heavy atom. The summed E-state index contributed by atoms with van der Waals surface area (Å²) in [6.07, 6.45) is 5.50. The molecule has 0 saturated heterocycles. The molecule has 0 unspecified atom stereocenters. The maximum atomic E-state index is 13.1. The third-order valence-corrected chi connectivity index (χ3v) is 5.74. The van der Waals surface area contributed by atoms with E-state index in [1.165, 1.54) is 6.42 Å². The number of carbonyl (C=O) groups is 2. The molecule has 0 aliphatic heterocycles. The molecule has 31 heavy (non-hydrogen) atoms. The number of rotatable bonds is 9. The van der Waals surface area contributed by atoms with Gasteiger partial charge in [0.25, 0.3) is 5.91 Å². The molecule has 2 amide bonds. The number of benzene rings is 2. The largest absolute Gasteiger partial charge is 0.497 e. The molecule has 0 aromatic heterocycles. The van der Waals surface area contributed by atoms with Gasteiger partial charge in [0, 0.05) is 12.6 Å². The summed E-state index contributed by atoms with van der Waals surface area (Å²) in [5.74, 6) is 1.02. The summed E-state index contributed by atoms with van der Waals surface area (Å²) in [6.45, 7) is 1.98. The van der Waals surface area contributed by atoms with Crippen molar-refractivity contribution >= 4 is 11.8 Å². The van der Waals surface area contributed by atoms with Crippen molar-refractivity contribution < 1.29 is 19.1 Å². The van der Waals surface area contributed by atoms with E-state index >= 15 is 0 Å². The second-order valence-corrected chi connectivity index (χ2v) is 7.99. The van der Waals surface area contributed by atoms with Crippen LogP contribution in [-0.2, 0) is 16.1 Å². The molecule has 166 valence electrons. The molecule has 1 saturated carbocycles. The Bertz CT molecular complexity index is 832. The predicted octanol–water partition coefficient (Wildman–Crippen LogP) is 3.94. The van der Waals surface area contributed by atoms with E-state index in [1.807, 2.05) is 42.5 Å². The quantitative estimate of drug-likeness (QED) is 0.662. The first-order valence-electron chi connectivity index (χ1n) is 11.0. The zero-order valence-electron chi connectivity index (χ0n) is 18.4. The third-order valence-electron chi connectivity index (χ3n) is 5.74. The van der Waals surface area contributed by atoms with E-state index < -0.39 is 6.04 Å². The molecule has 1 aliphatic rings. The molecule has 2 aromatic rings. The van der Waals surface area contributed by atoms with Crippen molar-refractivity contribution in [2.24, 2.45) is 0 Å². The number of methoxy groups -OCH3 is 1. The maximum Gasteiger partial charge on any atom is 0.261 e. The van der Waals surface area contributed by atoms with Gasteiger partial charge in [0.05, 0.1) is 7.11 Å². The Morgan fingerprint density at radius 3 is 2.32 bits per heavy atom. The zero-order valence-corrected chi connectivity index (χ0v) is 18.4. The molecule has 0 bridgehead atoms. The van der Waals surface area contributed by atoms with Crippen molar-refractivity contribution in [1.82, 2.24) is 10.2 Å². The monoisotopic (exact) mass is 424 g/mol. The number of hydrogen-bond acceptors (Lipinski definition) is 4. The van der Waals surface area contributed by atoms with Gasteiger partial charge in [-0.25, -0.2) is 0 Å². The smallest absolute Gasteiger partial charge is 0.261 e. The summed E-state index contributed by atoms with van der Waals surface area (Å²) in [4.78, 5) is 27.6. The van der Waals surface area contributed by atoms with Gasteiger partial charge in [-0.05, 0) is 49.6 Å². The Kier molecular flexibility index (Phi) is 8.33. The summed E-state index contributed by atoms with van der Waals surface area (Å²) in [5, 5.41) is 3.14. The van der Waals surface area contributed by atoms with Crippen LogP contribution in [0.1, 0.15) is 44.6 Å². The van der Waals surface area contributed by atoms with Crippen LogP contribution in [0.25, 0.3) is 0 Å². The molecule has 0 spiro atoms. The lowest BCUT2D eigenvalue weighted by molar-refractivity contribution is -0.142. The van der Waals surface area contributed by atoms with E-state index in [1.54, 1.807) is 31.1 Å². The Morgan fingerprint density at radius 1 is 1.00 bits per heavy atom. The second-order valence-electron chi connectivity index (χ2n) is 7.99. The molecule has 2 aromatic carbocycles. The van der Waals surface area contributed by atoms with Gasteiger partial charge in [-0.3, -0.25) is 9.59 Å². The topological polar surface area (TPSA) is 67.9 Å². The van der Waals surface area contributed by atoms with Gasteiger partial charge >= 0.3 is 0 Å². The number of carbonyl (C=O) groups excluding carboxylic acids is 2. The lowest BCUT2D eigenvalue weighted by Gasteiger charge is -2.31. The van der Waals surface area contributed by atoms with Gasteiger partial charge in [0.1, 0.15) is 17.5 Å². The van der Waals surface area contributed by atoms with Gasteiger partial charge in [-0.15, -0.1) is 0 Å². The Balaban J connectivity index is 1.69. The summed E-state index contributed by atoms with van der Waals surface area (Å²) >= 11 is 0. The van der Waals surface area contributed by atoms with Crippen LogP contribution < -0.4 is 14.8 Å². The van der Waals surface area contributed by atoms with E-state index in [4.69, 9.17) is 9.47 Å². The number of amides is 2. The molecule has 1 fully saturated rings. The van der Waals surface area contributed by atoms with Crippen LogP contribution in [-0.4, -0.2) is 42.5 Å². The summed E-state index contributed by atoms with van der Waals surface area (Å²) < 4.78 is 10.9. The fraction of sp³-hybridized carbons (Fsp3) is 0.440. The van der Waals surface area contributed by atoms with Gasteiger partial charge in [0.2, 0.25) is 5.91 Å². The van der Waals surface area contributed by atoms with Crippen molar-refractivity contribution in [3.8, 4) is 11.5 Å². The van der Waals surface area contributed by atoms with Crippen LogP contribution in [0.5, 0.6) is 11.5 Å². The minimum atomic E-state index is -0.601. The van der Waals surface area contributed by atoms with Crippen molar-refractivity contribution in [3.05, 3.63) is 60.2 Å². The average Bonchev–Trinajstić information content (AvgIpc) is 2.82. The minimum Gasteiger partial charge on any atom is -0.497 e. The lowest BCUT2D eigenvalue weighted by Crippen LogP contribution is -2.51. The molecule has 0 radical (unpaired) electrons. The normalized spacial score (nSPS) is 15.0. The van der Waals surface area contributed by atoms with Crippen molar-refractivity contribution in [1.29, 1.82) is 0 Å². The highest BCUT2D eigenvalue weighted by Crippen LogP contribution is 2.19. The fourth-order valence-corrected chi connectivity index (χ4v) is 3.82.